The van der Waals surface area contributed by atoms with Gasteiger partial charge in [0, 0.05) is 5.56 Å². The van der Waals surface area contributed by atoms with Gasteiger partial charge in [0.2, 0.25) is 0 Å². The summed E-state index contributed by atoms with van der Waals surface area (Å²) in [5.74, 6) is 0.617. The van der Waals surface area contributed by atoms with Crippen LogP contribution < -0.4 is 5.73 Å². The highest BCUT2D eigenvalue weighted by molar-refractivity contribution is 5.98. The number of nitrogens with two attached hydrogens (primary N) is 1. The van der Waals surface area contributed by atoms with E-state index in [9.17, 15) is 0 Å². The molecule has 0 aromatic heterocycles. The monoisotopic (exact) mass is 192 g/mol. The van der Waals surface area contributed by atoms with Crippen molar-refractivity contribution in [2.24, 2.45) is 10.9 Å². The summed E-state index contributed by atoms with van der Waals surface area (Å²) < 4.78 is 0. The molecule has 0 saturated carbocycles. The fraction of sp³-hybridized carbons (Fsp3) is 0.364. The average Bonchev–Trinajstić information content (AvgIpc) is 2.17. The van der Waals surface area contributed by atoms with Crippen molar-refractivity contribution in [3.05, 3.63) is 34.9 Å². The number of aryl methyl sites for hydroxylation is 1. The summed E-state index contributed by atoms with van der Waals surface area (Å²) in [5, 5.41) is 11.6. The van der Waals surface area contributed by atoms with Gasteiger partial charge in [-0.3, -0.25) is 0 Å². The summed E-state index contributed by atoms with van der Waals surface area (Å²) in [6.07, 6.45) is 0. The number of rotatable bonds is 2. The Morgan fingerprint density at radius 3 is 2.57 bits per heavy atom. The number of amidine groups is 1. The second-order valence-electron chi connectivity index (χ2n) is 3.71. The van der Waals surface area contributed by atoms with Crippen molar-refractivity contribution in [1.82, 2.24) is 0 Å². The molecule has 0 saturated heterocycles. The topological polar surface area (TPSA) is 58.6 Å². The number of benzene rings is 1. The van der Waals surface area contributed by atoms with E-state index in [1.807, 2.05) is 19.1 Å². The Balaban J connectivity index is 3.22. The fourth-order valence-corrected chi connectivity index (χ4v) is 1.33. The molecule has 0 fully saturated rings. The molecule has 3 heteroatoms. The maximum atomic E-state index is 8.61. The van der Waals surface area contributed by atoms with Crippen LogP contribution in [0.2, 0.25) is 0 Å². The van der Waals surface area contributed by atoms with E-state index in [4.69, 9.17) is 10.9 Å². The summed E-state index contributed by atoms with van der Waals surface area (Å²) in [6, 6.07) is 6.02. The average molecular weight is 192 g/mol. The Morgan fingerprint density at radius 2 is 2.07 bits per heavy atom. The van der Waals surface area contributed by atoms with Gasteiger partial charge in [-0.25, -0.2) is 0 Å². The van der Waals surface area contributed by atoms with Crippen LogP contribution in [-0.2, 0) is 0 Å². The van der Waals surface area contributed by atoms with Gasteiger partial charge in [0.1, 0.15) is 0 Å². The first kappa shape index (κ1) is 10.6. The molecule has 76 valence electrons. The zero-order chi connectivity index (χ0) is 10.7. The molecule has 0 radical (unpaired) electrons. The van der Waals surface area contributed by atoms with Crippen molar-refractivity contribution in [3.8, 4) is 0 Å². The Bertz CT molecular complexity index is 356. The highest BCUT2D eigenvalue weighted by Crippen LogP contribution is 2.18. The molecule has 0 bridgehead atoms. The van der Waals surface area contributed by atoms with Crippen LogP contribution in [0, 0.1) is 6.92 Å². The Morgan fingerprint density at radius 1 is 1.43 bits per heavy atom. The molecular formula is C11H16N2O. The van der Waals surface area contributed by atoms with E-state index in [-0.39, 0.29) is 5.84 Å². The summed E-state index contributed by atoms with van der Waals surface area (Å²) >= 11 is 0. The Labute approximate surface area is 84.2 Å². The van der Waals surface area contributed by atoms with Crippen LogP contribution in [0.5, 0.6) is 0 Å². The van der Waals surface area contributed by atoms with Gasteiger partial charge in [0.05, 0.1) is 0 Å². The van der Waals surface area contributed by atoms with E-state index in [1.165, 1.54) is 5.56 Å². The van der Waals surface area contributed by atoms with Gasteiger partial charge in [-0.05, 0) is 30.0 Å². The van der Waals surface area contributed by atoms with Crippen molar-refractivity contribution < 1.29 is 5.21 Å². The van der Waals surface area contributed by atoms with E-state index in [0.717, 1.165) is 11.1 Å². The molecule has 0 aliphatic rings. The van der Waals surface area contributed by atoms with Crippen molar-refractivity contribution in [1.29, 1.82) is 0 Å². The van der Waals surface area contributed by atoms with Crippen molar-refractivity contribution in [3.63, 3.8) is 0 Å². The van der Waals surface area contributed by atoms with Gasteiger partial charge in [0.25, 0.3) is 0 Å². The predicted octanol–water partition coefficient (Wildman–Crippen LogP) is 2.21. The van der Waals surface area contributed by atoms with Gasteiger partial charge in [-0.15, -0.1) is 0 Å². The molecule has 3 N–H and O–H groups in total. The van der Waals surface area contributed by atoms with Crippen LogP contribution in [0.25, 0.3) is 0 Å². The third-order valence-corrected chi connectivity index (χ3v) is 2.31. The molecule has 0 atom stereocenters. The highest BCUT2D eigenvalue weighted by Gasteiger charge is 2.06. The lowest BCUT2D eigenvalue weighted by molar-refractivity contribution is 0.318. The summed E-state index contributed by atoms with van der Waals surface area (Å²) in [5.41, 5.74) is 8.58. The third kappa shape index (κ3) is 2.05. The molecule has 0 spiro atoms. The lowest BCUT2D eigenvalue weighted by Gasteiger charge is -2.09. The minimum absolute atomic E-state index is 0.171. The molecule has 0 aliphatic heterocycles. The van der Waals surface area contributed by atoms with Gasteiger partial charge in [-0.1, -0.05) is 31.1 Å². The second-order valence-corrected chi connectivity index (χ2v) is 3.71. The minimum atomic E-state index is 0.171. The third-order valence-electron chi connectivity index (χ3n) is 2.31. The molecule has 1 aromatic rings. The highest BCUT2D eigenvalue weighted by atomic mass is 16.4. The maximum Gasteiger partial charge on any atom is 0.170 e. The molecule has 0 aliphatic carbocycles. The van der Waals surface area contributed by atoms with Crippen LogP contribution in [0.4, 0.5) is 0 Å². The smallest absolute Gasteiger partial charge is 0.170 e. The Kier molecular flexibility index (Phi) is 3.12. The first-order valence-corrected chi connectivity index (χ1v) is 4.64. The minimum Gasteiger partial charge on any atom is -0.409 e. The van der Waals surface area contributed by atoms with Crippen LogP contribution in [0.3, 0.4) is 0 Å². The van der Waals surface area contributed by atoms with Crippen LogP contribution >= 0.6 is 0 Å². The SMILES string of the molecule is Cc1ccc(C(C)C)cc1/C(N)=N/O. The van der Waals surface area contributed by atoms with Gasteiger partial charge in [0.15, 0.2) is 5.84 Å². The zero-order valence-corrected chi connectivity index (χ0v) is 8.78. The van der Waals surface area contributed by atoms with Gasteiger partial charge >= 0.3 is 0 Å². The van der Waals surface area contributed by atoms with E-state index < -0.39 is 0 Å². The van der Waals surface area contributed by atoms with Crippen LogP contribution in [0.1, 0.15) is 36.5 Å². The number of hydrogen-bond acceptors (Lipinski definition) is 2. The predicted molar refractivity (Wildman–Crippen MR) is 57.8 cm³/mol. The molecule has 1 rings (SSSR count). The number of hydrogen-bond donors (Lipinski definition) is 2. The normalized spacial score (nSPS) is 12.1. The molecular weight excluding hydrogens is 176 g/mol. The van der Waals surface area contributed by atoms with Crippen LogP contribution in [-0.4, -0.2) is 11.0 Å². The molecule has 0 heterocycles. The van der Waals surface area contributed by atoms with E-state index in [0.29, 0.717) is 5.92 Å². The first-order chi connectivity index (χ1) is 6.56. The summed E-state index contributed by atoms with van der Waals surface area (Å²) in [4.78, 5) is 0. The molecule has 1 aromatic carbocycles. The standard InChI is InChI=1S/C11H16N2O/c1-7(2)9-5-4-8(3)10(6-9)11(12)13-14/h4-7,14H,1-3H3,(H2,12,13). The van der Waals surface area contributed by atoms with Gasteiger partial charge in [-0.2, -0.15) is 0 Å². The van der Waals surface area contributed by atoms with Crippen molar-refractivity contribution in [2.45, 2.75) is 26.7 Å². The second kappa shape index (κ2) is 4.13. The molecule has 0 amide bonds. The quantitative estimate of drug-likeness (QED) is 0.326. The van der Waals surface area contributed by atoms with Crippen LogP contribution in [0.15, 0.2) is 23.4 Å². The number of oxime groups is 1. The molecule has 3 nitrogen and oxygen atoms in total. The zero-order valence-electron chi connectivity index (χ0n) is 8.78. The number of nitrogens with zero attached hydrogens (tertiary/aromatic N) is 1. The lowest BCUT2D eigenvalue weighted by Crippen LogP contribution is -2.15. The fourth-order valence-electron chi connectivity index (χ4n) is 1.33. The largest absolute Gasteiger partial charge is 0.409 e. The van der Waals surface area contributed by atoms with E-state index in [1.54, 1.807) is 0 Å². The molecule has 0 unspecified atom stereocenters. The maximum absolute atomic E-state index is 8.61. The summed E-state index contributed by atoms with van der Waals surface area (Å²) in [6.45, 7) is 6.17. The van der Waals surface area contributed by atoms with E-state index in [2.05, 4.69) is 25.1 Å². The van der Waals surface area contributed by atoms with Gasteiger partial charge < -0.3 is 10.9 Å². The van der Waals surface area contributed by atoms with E-state index >= 15 is 0 Å². The molecule has 14 heavy (non-hydrogen) atoms. The first-order valence-electron chi connectivity index (χ1n) is 4.64. The lowest BCUT2D eigenvalue weighted by atomic mass is 9.97. The Hall–Kier alpha value is -1.51. The van der Waals surface area contributed by atoms with Crippen molar-refractivity contribution >= 4 is 5.84 Å². The van der Waals surface area contributed by atoms with Crippen molar-refractivity contribution in [2.75, 3.05) is 0 Å². The summed E-state index contributed by atoms with van der Waals surface area (Å²) in [7, 11) is 0.